The van der Waals surface area contributed by atoms with Gasteiger partial charge in [-0.25, -0.2) is 0 Å². The first-order chi connectivity index (χ1) is 8.24. The fourth-order valence-corrected chi connectivity index (χ4v) is 1.86. The molecule has 0 aliphatic carbocycles. The number of benzene rings is 2. The van der Waals surface area contributed by atoms with Crippen molar-refractivity contribution in [2.24, 2.45) is 0 Å². The van der Waals surface area contributed by atoms with Gasteiger partial charge in [-0.1, -0.05) is 29.8 Å². The van der Waals surface area contributed by atoms with Crippen molar-refractivity contribution >= 4 is 17.9 Å². The van der Waals surface area contributed by atoms with E-state index in [0.717, 1.165) is 23.2 Å². The second-order valence-electron chi connectivity index (χ2n) is 3.59. The van der Waals surface area contributed by atoms with Crippen molar-refractivity contribution in [1.82, 2.24) is 0 Å². The van der Waals surface area contributed by atoms with Crippen molar-refractivity contribution in [3.8, 4) is 16.9 Å². The molecule has 0 radical (unpaired) electrons. The quantitative estimate of drug-likeness (QED) is 0.770. The third-order valence-electron chi connectivity index (χ3n) is 2.50. The van der Waals surface area contributed by atoms with Crippen LogP contribution in [0.1, 0.15) is 10.4 Å². The molecule has 0 aromatic heterocycles. The topological polar surface area (TPSA) is 26.3 Å². The lowest BCUT2D eigenvalue weighted by atomic mass is 10.0. The van der Waals surface area contributed by atoms with E-state index in [1.54, 1.807) is 25.3 Å². The lowest BCUT2D eigenvalue weighted by Crippen LogP contribution is -1.89. The third-order valence-corrected chi connectivity index (χ3v) is 2.73. The van der Waals surface area contributed by atoms with Crippen LogP contribution in [0.3, 0.4) is 0 Å². The van der Waals surface area contributed by atoms with Crippen molar-refractivity contribution in [1.29, 1.82) is 0 Å². The molecule has 0 aliphatic rings. The summed E-state index contributed by atoms with van der Waals surface area (Å²) in [5.74, 6) is 0.734. The Labute approximate surface area is 105 Å². The summed E-state index contributed by atoms with van der Waals surface area (Å²) in [4.78, 5) is 10.8. The SMILES string of the molecule is COc1ccc(Cl)cc1-c1cccc(C=O)c1. The molecular weight excluding hydrogens is 236 g/mol. The molecule has 2 aromatic carbocycles. The molecule has 0 heterocycles. The van der Waals surface area contributed by atoms with Gasteiger partial charge in [0.15, 0.2) is 0 Å². The number of carbonyl (C=O) groups excluding carboxylic acids is 1. The maximum absolute atomic E-state index is 10.8. The van der Waals surface area contributed by atoms with Crippen molar-refractivity contribution in [3.63, 3.8) is 0 Å². The van der Waals surface area contributed by atoms with E-state index < -0.39 is 0 Å². The van der Waals surface area contributed by atoms with Crippen LogP contribution in [0.25, 0.3) is 11.1 Å². The Morgan fingerprint density at radius 2 is 2.00 bits per heavy atom. The smallest absolute Gasteiger partial charge is 0.150 e. The Balaban J connectivity index is 2.58. The maximum atomic E-state index is 10.8. The third kappa shape index (κ3) is 2.48. The summed E-state index contributed by atoms with van der Waals surface area (Å²) in [5.41, 5.74) is 2.42. The van der Waals surface area contributed by atoms with Crippen molar-refractivity contribution in [3.05, 3.63) is 53.1 Å². The van der Waals surface area contributed by atoms with Crippen molar-refractivity contribution in [2.75, 3.05) is 7.11 Å². The zero-order chi connectivity index (χ0) is 12.3. The summed E-state index contributed by atoms with van der Waals surface area (Å²) in [5, 5.41) is 0.636. The minimum Gasteiger partial charge on any atom is -0.496 e. The lowest BCUT2D eigenvalue weighted by Gasteiger charge is -2.09. The van der Waals surface area contributed by atoms with Crippen LogP contribution in [0.2, 0.25) is 5.02 Å². The summed E-state index contributed by atoms with van der Waals surface area (Å²) in [6.07, 6.45) is 0.820. The van der Waals surface area contributed by atoms with Crippen LogP contribution >= 0.6 is 11.6 Å². The number of ether oxygens (including phenoxy) is 1. The van der Waals surface area contributed by atoms with Crippen LogP contribution in [0, 0.1) is 0 Å². The second kappa shape index (κ2) is 5.02. The minimum absolute atomic E-state index is 0.629. The Morgan fingerprint density at radius 1 is 1.18 bits per heavy atom. The number of hydrogen-bond donors (Lipinski definition) is 0. The van der Waals surface area contributed by atoms with E-state index in [2.05, 4.69) is 0 Å². The molecule has 86 valence electrons. The Kier molecular flexibility index (Phi) is 3.45. The van der Waals surface area contributed by atoms with Gasteiger partial charge < -0.3 is 4.74 Å². The molecule has 2 nitrogen and oxygen atoms in total. The second-order valence-corrected chi connectivity index (χ2v) is 4.02. The summed E-state index contributed by atoms with van der Waals surface area (Å²) in [7, 11) is 1.61. The fraction of sp³-hybridized carbons (Fsp3) is 0.0714. The van der Waals surface area contributed by atoms with Gasteiger partial charge >= 0.3 is 0 Å². The van der Waals surface area contributed by atoms with Crippen LogP contribution in [0.4, 0.5) is 0 Å². The van der Waals surface area contributed by atoms with Crippen molar-refractivity contribution in [2.45, 2.75) is 0 Å². The van der Waals surface area contributed by atoms with E-state index in [-0.39, 0.29) is 0 Å². The van der Waals surface area contributed by atoms with Gasteiger partial charge in [0.05, 0.1) is 7.11 Å². The van der Waals surface area contributed by atoms with Crippen LogP contribution in [0.5, 0.6) is 5.75 Å². The first-order valence-electron chi connectivity index (χ1n) is 5.14. The molecule has 0 atom stereocenters. The van der Waals surface area contributed by atoms with E-state index in [0.29, 0.717) is 10.6 Å². The molecule has 17 heavy (non-hydrogen) atoms. The highest BCUT2D eigenvalue weighted by atomic mass is 35.5. The normalized spacial score (nSPS) is 10.0. The molecule has 0 aliphatic heterocycles. The van der Waals surface area contributed by atoms with Crippen LogP contribution in [0.15, 0.2) is 42.5 Å². The highest BCUT2D eigenvalue weighted by Gasteiger charge is 2.07. The number of carbonyl (C=O) groups is 1. The van der Waals surface area contributed by atoms with E-state index in [1.807, 2.05) is 24.3 Å². The average Bonchev–Trinajstić information content (AvgIpc) is 2.39. The van der Waals surface area contributed by atoms with Crippen LogP contribution < -0.4 is 4.74 Å². The molecule has 0 bridgehead atoms. The summed E-state index contributed by atoms with van der Waals surface area (Å²) >= 11 is 5.97. The molecule has 0 amide bonds. The summed E-state index contributed by atoms with van der Waals surface area (Å²) in [6, 6.07) is 12.7. The van der Waals surface area contributed by atoms with Gasteiger partial charge in [-0.2, -0.15) is 0 Å². The number of halogens is 1. The highest BCUT2D eigenvalue weighted by molar-refractivity contribution is 6.31. The molecule has 0 saturated carbocycles. The highest BCUT2D eigenvalue weighted by Crippen LogP contribution is 2.32. The number of methoxy groups -OCH3 is 1. The predicted octanol–water partition coefficient (Wildman–Crippen LogP) is 3.83. The number of rotatable bonds is 3. The van der Waals surface area contributed by atoms with Gasteiger partial charge in [0.25, 0.3) is 0 Å². The fourth-order valence-electron chi connectivity index (χ4n) is 1.69. The largest absolute Gasteiger partial charge is 0.496 e. The molecule has 0 spiro atoms. The van der Waals surface area contributed by atoms with Crippen molar-refractivity contribution < 1.29 is 9.53 Å². The molecule has 0 unspecified atom stereocenters. The van der Waals surface area contributed by atoms with Gasteiger partial charge in [0.2, 0.25) is 0 Å². The summed E-state index contributed by atoms with van der Waals surface area (Å²) in [6.45, 7) is 0. The Hall–Kier alpha value is -1.80. The Morgan fingerprint density at radius 3 is 2.71 bits per heavy atom. The van der Waals surface area contributed by atoms with E-state index in [4.69, 9.17) is 16.3 Å². The Bertz CT molecular complexity index is 550. The zero-order valence-electron chi connectivity index (χ0n) is 9.31. The lowest BCUT2D eigenvalue weighted by molar-refractivity contribution is 0.112. The first kappa shape index (κ1) is 11.7. The van der Waals surface area contributed by atoms with Gasteiger partial charge in [0, 0.05) is 16.1 Å². The minimum atomic E-state index is 0.629. The van der Waals surface area contributed by atoms with Crippen LogP contribution in [-0.4, -0.2) is 13.4 Å². The predicted molar refractivity (Wildman–Crippen MR) is 68.8 cm³/mol. The number of hydrogen-bond acceptors (Lipinski definition) is 2. The van der Waals surface area contributed by atoms with E-state index in [9.17, 15) is 4.79 Å². The number of aldehydes is 1. The van der Waals surface area contributed by atoms with Gasteiger partial charge in [-0.3, -0.25) is 4.79 Å². The standard InChI is InChI=1S/C14H11ClO2/c1-17-14-6-5-12(15)8-13(14)11-4-2-3-10(7-11)9-16/h2-9H,1H3. The van der Waals surface area contributed by atoms with Gasteiger partial charge in [-0.15, -0.1) is 0 Å². The molecule has 2 aromatic rings. The monoisotopic (exact) mass is 246 g/mol. The molecule has 0 fully saturated rings. The first-order valence-corrected chi connectivity index (χ1v) is 5.51. The summed E-state index contributed by atoms with van der Waals surface area (Å²) < 4.78 is 5.28. The average molecular weight is 247 g/mol. The van der Waals surface area contributed by atoms with E-state index in [1.165, 1.54) is 0 Å². The van der Waals surface area contributed by atoms with E-state index >= 15 is 0 Å². The zero-order valence-corrected chi connectivity index (χ0v) is 10.1. The van der Waals surface area contributed by atoms with Crippen LogP contribution in [-0.2, 0) is 0 Å². The molecule has 0 saturated heterocycles. The molecular formula is C14H11ClO2. The molecule has 3 heteroatoms. The van der Waals surface area contributed by atoms with Gasteiger partial charge in [-0.05, 0) is 29.8 Å². The molecule has 0 N–H and O–H groups in total. The van der Waals surface area contributed by atoms with Gasteiger partial charge in [0.1, 0.15) is 12.0 Å². The maximum Gasteiger partial charge on any atom is 0.150 e. The molecule has 2 rings (SSSR count).